The first-order valence-corrected chi connectivity index (χ1v) is 6.61. The summed E-state index contributed by atoms with van der Waals surface area (Å²) < 4.78 is 4.67. The van der Waals surface area contributed by atoms with Crippen LogP contribution in [0.5, 0.6) is 0 Å². The minimum Gasteiger partial charge on any atom is -0.465 e. The quantitative estimate of drug-likeness (QED) is 0.851. The van der Waals surface area contributed by atoms with Crippen molar-refractivity contribution < 1.29 is 14.3 Å². The second-order valence-electron chi connectivity index (χ2n) is 4.99. The van der Waals surface area contributed by atoms with E-state index in [1.807, 2.05) is 6.92 Å². The number of amides is 1. The molecule has 1 aromatic carbocycles. The number of rotatable bonds is 3. The number of nitrogens with one attached hydrogen (secondary N) is 1. The molecule has 4 heteroatoms. The number of carbonyl (C=O) groups is 2. The highest BCUT2D eigenvalue weighted by Gasteiger charge is 2.23. The van der Waals surface area contributed by atoms with Gasteiger partial charge in [-0.2, -0.15) is 0 Å². The highest BCUT2D eigenvalue weighted by molar-refractivity contribution is 5.95. The summed E-state index contributed by atoms with van der Waals surface area (Å²) in [5.74, 6) is -0.136. The summed E-state index contributed by atoms with van der Waals surface area (Å²) in [4.78, 5) is 23.4. The predicted octanol–water partition coefficient (Wildman–Crippen LogP) is 2.91. The van der Waals surface area contributed by atoms with E-state index in [4.69, 9.17) is 0 Å². The molecule has 1 fully saturated rings. The van der Waals surface area contributed by atoms with E-state index in [0.717, 1.165) is 36.9 Å². The first-order valence-electron chi connectivity index (χ1n) is 6.61. The fourth-order valence-electron chi connectivity index (χ4n) is 2.47. The molecule has 0 heterocycles. The molecule has 0 aliphatic heterocycles. The summed E-state index contributed by atoms with van der Waals surface area (Å²) in [6.45, 7) is 1.87. The van der Waals surface area contributed by atoms with Crippen molar-refractivity contribution in [1.29, 1.82) is 0 Å². The van der Waals surface area contributed by atoms with Crippen LogP contribution in [0, 0.1) is 12.8 Å². The van der Waals surface area contributed by atoms with Crippen molar-refractivity contribution in [3.8, 4) is 0 Å². The smallest absolute Gasteiger partial charge is 0.337 e. The molecule has 102 valence electrons. The van der Waals surface area contributed by atoms with Crippen LogP contribution >= 0.6 is 0 Å². The Morgan fingerprint density at radius 3 is 2.53 bits per heavy atom. The van der Waals surface area contributed by atoms with Gasteiger partial charge < -0.3 is 10.1 Å². The van der Waals surface area contributed by atoms with E-state index in [1.54, 1.807) is 18.2 Å². The van der Waals surface area contributed by atoms with Crippen LogP contribution < -0.4 is 5.32 Å². The molecular formula is C15H19NO3. The van der Waals surface area contributed by atoms with Crippen LogP contribution in [0.15, 0.2) is 18.2 Å². The van der Waals surface area contributed by atoms with Gasteiger partial charge in [0.15, 0.2) is 0 Å². The van der Waals surface area contributed by atoms with Gasteiger partial charge in [-0.1, -0.05) is 12.8 Å². The molecule has 1 N–H and O–H groups in total. The van der Waals surface area contributed by atoms with Crippen molar-refractivity contribution in [3.05, 3.63) is 29.3 Å². The second-order valence-corrected chi connectivity index (χ2v) is 4.99. The Labute approximate surface area is 113 Å². The topological polar surface area (TPSA) is 55.4 Å². The summed E-state index contributed by atoms with van der Waals surface area (Å²) >= 11 is 0. The number of anilines is 1. The fourth-order valence-corrected chi connectivity index (χ4v) is 2.47. The lowest BCUT2D eigenvalue weighted by Gasteiger charge is -2.13. The van der Waals surface area contributed by atoms with E-state index in [9.17, 15) is 9.59 Å². The Morgan fingerprint density at radius 1 is 1.26 bits per heavy atom. The van der Waals surface area contributed by atoms with Crippen LogP contribution in [0.2, 0.25) is 0 Å². The van der Waals surface area contributed by atoms with Crippen LogP contribution in [-0.2, 0) is 9.53 Å². The van der Waals surface area contributed by atoms with Crippen molar-refractivity contribution in [3.63, 3.8) is 0 Å². The van der Waals surface area contributed by atoms with Crippen molar-refractivity contribution in [2.75, 3.05) is 12.4 Å². The Kier molecular flexibility index (Phi) is 4.20. The molecular weight excluding hydrogens is 242 g/mol. The first-order chi connectivity index (χ1) is 9.11. The molecule has 1 saturated carbocycles. The third-order valence-corrected chi connectivity index (χ3v) is 3.63. The Morgan fingerprint density at radius 2 is 1.95 bits per heavy atom. The maximum Gasteiger partial charge on any atom is 0.337 e. The third-order valence-electron chi connectivity index (χ3n) is 3.63. The van der Waals surface area contributed by atoms with Crippen LogP contribution in [0.1, 0.15) is 41.6 Å². The van der Waals surface area contributed by atoms with E-state index in [1.165, 1.54) is 7.11 Å². The number of hydrogen-bond acceptors (Lipinski definition) is 3. The molecule has 1 aliphatic rings. The Balaban J connectivity index is 2.08. The molecule has 19 heavy (non-hydrogen) atoms. The number of hydrogen-bond donors (Lipinski definition) is 1. The Hall–Kier alpha value is -1.84. The van der Waals surface area contributed by atoms with Crippen LogP contribution in [0.25, 0.3) is 0 Å². The van der Waals surface area contributed by atoms with Crippen molar-refractivity contribution in [2.24, 2.45) is 5.92 Å². The molecule has 2 rings (SSSR count). The van der Waals surface area contributed by atoms with Gasteiger partial charge in [0.1, 0.15) is 0 Å². The molecule has 0 aromatic heterocycles. The lowest BCUT2D eigenvalue weighted by atomic mass is 10.1. The van der Waals surface area contributed by atoms with Crippen LogP contribution in [-0.4, -0.2) is 19.0 Å². The van der Waals surface area contributed by atoms with Gasteiger partial charge in [0.25, 0.3) is 0 Å². The van der Waals surface area contributed by atoms with Gasteiger partial charge in [0.2, 0.25) is 5.91 Å². The molecule has 0 bridgehead atoms. The highest BCUT2D eigenvalue weighted by atomic mass is 16.5. The lowest BCUT2D eigenvalue weighted by molar-refractivity contribution is -0.119. The minimum atomic E-state index is -0.364. The van der Waals surface area contributed by atoms with Crippen LogP contribution in [0.3, 0.4) is 0 Å². The molecule has 0 spiro atoms. The zero-order chi connectivity index (χ0) is 13.8. The summed E-state index contributed by atoms with van der Waals surface area (Å²) in [6.07, 6.45) is 4.23. The number of benzene rings is 1. The maximum absolute atomic E-state index is 12.0. The molecule has 1 amide bonds. The predicted molar refractivity (Wildman–Crippen MR) is 73.1 cm³/mol. The molecule has 0 radical (unpaired) electrons. The average Bonchev–Trinajstić information content (AvgIpc) is 2.94. The Bertz CT molecular complexity index is 490. The van der Waals surface area contributed by atoms with E-state index >= 15 is 0 Å². The molecule has 0 atom stereocenters. The summed E-state index contributed by atoms with van der Waals surface area (Å²) in [5.41, 5.74) is 2.14. The lowest BCUT2D eigenvalue weighted by Crippen LogP contribution is -2.20. The van der Waals surface area contributed by atoms with Gasteiger partial charge in [0.05, 0.1) is 12.7 Å². The van der Waals surface area contributed by atoms with E-state index in [-0.39, 0.29) is 17.8 Å². The van der Waals surface area contributed by atoms with Gasteiger partial charge in [-0.15, -0.1) is 0 Å². The van der Waals surface area contributed by atoms with Gasteiger partial charge in [-0.25, -0.2) is 4.79 Å². The average molecular weight is 261 g/mol. The van der Waals surface area contributed by atoms with Gasteiger partial charge in [0, 0.05) is 11.6 Å². The molecule has 1 aromatic rings. The summed E-state index contributed by atoms with van der Waals surface area (Å²) in [5, 5.41) is 2.95. The number of aryl methyl sites for hydroxylation is 1. The normalized spacial score (nSPS) is 15.3. The molecule has 0 unspecified atom stereocenters. The van der Waals surface area contributed by atoms with Gasteiger partial charge in [-0.3, -0.25) is 4.79 Å². The number of carbonyl (C=O) groups excluding carboxylic acids is 2. The van der Waals surface area contributed by atoms with Gasteiger partial charge in [-0.05, 0) is 43.5 Å². The second kappa shape index (κ2) is 5.87. The van der Waals surface area contributed by atoms with E-state index < -0.39 is 0 Å². The standard InChI is InChI=1S/C15H19NO3/c1-10-9-12(15(18)19-2)7-8-13(10)16-14(17)11-5-3-4-6-11/h7-9,11H,3-6H2,1-2H3,(H,16,17). The largest absolute Gasteiger partial charge is 0.465 e. The highest BCUT2D eigenvalue weighted by Crippen LogP contribution is 2.26. The van der Waals surface area contributed by atoms with E-state index in [2.05, 4.69) is 10.1 Å². The summed E-state index contributed by atoms with van der Waals surface area (Å²) in [6, 6.07) is 5.16. The molecule has 0 saturated heterocycles. The zero-order valence-corrected chi connectivity index (χ0v) is 11.4. The maximum atomic E-state index is 12.0. The third kappa shape index (κ3) is 3.13. The zero-order valence-electron chi connectivity index (χ0n) is 11.4. The number of esters is 1. The SMILES string of the molecule is COC(=O)c1ccc(NC(=O)C2CCCC2)c(C)c1. The number of ether oxygens (including phenoxy) is 1. The van der Waals surface area contributed by atoms with Crippen molar-refractivity contribution in [2.45, 2.75) is 32.6 Å². The number of methoxy groups -OCH3 is 1. The van der Waals surface area contributed by atoms with Crippen LogP contribution in [0.4, 0.5) is 5.69 Å². The molecule has 1 aliphatic carbocycles. The van der Waals surface area contributed by atoms with Gasteiger partial charge >= 0.3 is 5.97 Å². The molecule has 4 nitrogen and oxygen atoms in total. The first kappa shape index (κ1) is 13.6. The summed E-state index contributed by atoms with van der Waals surface area (Å²) in [7, 11) is 1.35. The van der Waals surface area contributed by atoms with Crippen molar-refractivity contribution in [1.82, 2.24) is 0 Å². The fraction of sp³-hybridized carbons (Fsp3) is 0.467. The minimum absolute atomic E-state index is 0.0893. The monoisotopic (exact) mass is 261 g/mol. The van der Waals surface area contributed by atoms with E-state index in [0.29, 0.717) is 5.56 Å². The van der Waals surface area contributed by atoms with Crippen molar-refractivity contribution >= 4 is 17.6 Å².